The number of hydrogen-bond acceptors (Lipinski definition) is 3. The molecule has 2 aliphatic heterocycles. The fraction of sp³-hybridized carbons (Fsp3) is 0.684. The van der Waals surface area contributed by atoms with Gasteiger partial charge in [0.2, 0.25) is 0 Å². The van der Waals surface area contributed by atoms with Crippen molar-refractivity contribution in [3.05, 3.63) is 34.6 Å². The maximum Gasteiger partial charge on any atom is 0.124 e. The molecule has 1 unspecified atom stereocenters. The van der Waals surface area contributed by atoms with Crippen LogP contribution in [0.2, 0.25) is 5.02 Å². The molecule has 0 amide bonds. The van der Waals surface area contributed by atoms with E-state index < -0.39 is 0 Å². The first-order valence-electron chi connectivity index (χ1n) is 9.12. The number of likely N-dealkylation sites (tertiary alicyclic amines) is 1. The van der Waals surface area contributed by atoms with Crippen molar-refractivity contribution in [3.8, 4) is 0 Å². The van der Waals surface area contributed by atoms with Gasteiger partial charge >= 0.3 is 0 Å². The minimum absolute atomic E-state index is 0.261. The molecule has 2 saturated heterocycles. The SMILES string of the molecule is CC(C1CCN(Cc2ccc(F)cc2Cl)CC1)N1CCN(C)CC1. The standard InChI is InChI=1S/C19H29ClFN3/c1-15(24-11-9-22(2)10-12-24)16-5-7-23(8-6-16)14-17-3-4-18(21)13-19(17)20/h3-4,13,15-16H,5-12,14H2,1-2H3. The van der Waals surface area contributed by atoms with E-state index in [-0.39, 0.29) is 5.82 Å². The number of piperidine rings is 1. The van der Waals surface area contributed by atoms with Gasteiger partial charge in [0.15, 0.2) is 0 Å². The molecule has 0 spiro atoms. The van der Waals surface area contributed by atoms with Gasteiger partial charge in [0.25, 0.3) is 0 Å². The van der Waals surface area contributed by atoms with Crippen LogP contribution in [0.4, 0.5) is 4.39 Å². The van der Waals surface area contributed by atoms with Crippen LogP contribution in [0.5, 0.6) is 0 Å². The molecule has 134 valence electrons. The van der Waals surface area contributed by atoms with Gasteiger partial charge in [-0.25, -0.2) is 4.39 Å². The van der Waals surface area contributed by atoms with Gasteiger partial charge in [0, 0.05) is 43.8 Å². The summed E-state index contributed by atoms with van der Waals surface area (Å²) < 4.78 is 13.2. The van der Waals surface area contributed by atoms with Crippen molar-refractivity contribution < 1.29 is 4.39 Å². The van der Waals surface area contributed by atoms with Gasteiger partial charge < -0.3 is 4.90 Å². The summed E-state index contributed by atoms with van der Waals surface area (Å²) in [5.41, 5.74) is 1.03. The van der Waals surface area contributed by atoms with Crippen LogP contribution in [0.1, 0.15) is 25.3 Å². The van der Waals surface area contributed by atoms with Gasteiger partial charge in [-0.1, -0.05) is 17.7 Å². The Labute approximate surface area is 150 Å². The molecule has 0 radical (unpaired) electrons. The van der Waals surface area contributed by atoms with E-state index in [1.165, 1.54) is 51.2 Å². The number of halogens is 2. The van der Waals surface area contributed by atoms with E-state index in [9.17, 15) is 4.39 Å². The molecule has 0 aromatic heterocycles. The van der Waals surface area contributed by atoms with Gasteiger partial charge in [-0.2, -0.15) is 0 Å². The normalized spacial score (nSPS) is 23.5. The van der Waals surface area contributed by atoms with Gasteiger partial charge in [0.05, 0.1) is 0 Å². The Morgan fingerprint density at radius 2 is 1.79 bits per heavy atom. The molecular formula is C19H29ClFN3. The topological polar surface area (TPSA) is 9.72 Å². The first-order valence-corrected chi connectivity index (χ1v) is 9.49. The summed E-state index contributed by atoms with van der Waals surface area (Å²) in [4.78, 5) is 7.53. The van der Waals surface area contributed by atoms with Crippen LogP contribution < -0.4 is 0 Å². The van der Waals surface area contributed by atoms with E-state index in [0.29, 0.717) is 11.1 Å². The Kier molecular flexibility index (Phi) is 6.14. The number of rotatable bonds is 4. The maximum atomic E-state index is 13.2. The lowest BCUT2D eigenvalue weighted by Crippen LogP contribution is -2.51. The van der Waals surface area contributed by atoms with E-state index in [1.54, 1.807) is 0 Å². The number of benzene rings is 1. The highest BCUT2D eigenvalue weighted by Gasteiger charge is 2.29. The van der Waals surface area contributed by atoms with Crippen LogP contribution in [0, 0.1) is 11.7 Å². The lowest BCUT2D eigenvalue weighted by molar-refractivity contribution is 0.0598. The molecule has 0 saturated carbocycles. The second kappa shape index (κ2) is 8.13. The minimum Gasteiger partial charge on any atom is -0.304 e. The highest BCUT2D eigenvalue weighted by atomic mass is 35.5. The average molecular weight is 354 g/mol. The zero-order valence-electron chi connectivity index (χ0n) is 14.8. The molecule has 0 N–H and O–H groups in total. The summed E-state index contributed by atoms with van der Waals surface area (Å²) in [7, 11) is 2.21. The van der Waals surface area contributed by atoms with Crippen LogP contribution in [0.25, 0.3) is 0 Å². The third kappa shape index (κ3) is 4.48. The molecule has 1 atom stereocenters. The number of nitrogens with zero attached hydrogens (tertiary/aromatic N) is 3. The smallest absolute Gasteiger partial charge is 0.124 e. The summed E-state index contributed by atoms with van der Waals surface area (Å²) in [5.74, 6) is 0.525. The monoisotopic (exact) mass is 353 g/mol. The summed E-state index contributed by atoms with van der Waals surface area (Å²) in [6.45, 7) is 10.2. The minimum atomic E-state index is -0.261. The lowest BCUT2D eigenvalue weighted by atomic mass is 9.89. The molecule has 24 heavy (non-hydrogen) atoms. The summed E-state index contributed by atoms with van der Waals surface area (Å²) in [6, 6.07) is 5.41. The summed E-state index contributed by atoms with van der Waals surface area (Å²) >= 11 is 6.16. The molecule has 1 aromatic rings. The average Bonchev–Trinajstić information content (AvgIpc) is 2.58. The van der Waals surface area contributed by atoms with Crippen molar-refractivity contribution in [1.29, 1.82) is 0 Å². The Bertz CT molecular complexity index is 537. The van der Waals surface area contributed by atoms with Crippen molar-refractivity contribution in [2.45, 2.75) is 32.4 Å². The Hall–Kier alpha value is -0.680. The molecule has 0 aliphatic carbocycles. The maximum absolute atomic E-state index is 13.2. The predicted molar refractivity (Wildman–Crippen MR) is 97.9 cm³/mol. The van der Waals surface area contributed by atoms with E-state index >= 15 is 0 Å². The van der Waals surface area contributed by atoms with Gasteiger partial charge in [-0.3, -0.25) is 9.80 Å². The molecular weight excluding hydrogens is 325 g/mol. The summed E-state index contributed by atoms with van der Waals surface area (Å²) in [5, 5.41) is 0.544. The van der Waals surface area contributed by atoms with E-state index in [2.05, 4.69) is 28.7 Å². The van der Waals surface area contributed by atoms with Crippen molar-refractivity contribution in [2.75, 3.05) is 46.3 Å². The predicted octanol–water partition coefficient (Wildman–Crippen LogP) is 3.33. The van der Waals surface area contributed by atoms with Crippen LogP contribution >= 0.6 is 11.6 Å². The molecule has 3 nitrogen and oxygen atoms in total. The zero-order chi connectivity index (χ0) is 17.1. The molecule has 0 bridgehead atoms. The number of piperazine rings is 1. The lowest BCUT2D eigenvalue weighted by Gasteiger charge is -2.42. The van der Waals surface area contributed by atoms with Crippen molar-refractivity contribution in [2.24, 2.45) is 5.92 Å². The number of likely N-dealkylation sites (N-methyl/N-ethyl adjacent to an activating group) is 1. The summed E-state index contributed by atoms with van der Waals surface area (Å²) in [6.07, 6.45) is 2.48. The highest BCUT2D eigenvalue weighted by molar-refractivity contribution is 6.31. The van der Waals surface area contributed by atoms with Crippen LogP contribution in [0.3, 0.4) is 0 Å². The third-order valence-electron chi connectivity index (χ3n) is 5.84. The van der Waals surface area contributed by atoms with Crippen LogP contribution in [-0.4, -0.2) is 67.1 Å². The van der Waals surface area contributed by atoms with Crippen LogP contribution in [0.15, 0.2) is 18.2 Å². The molecule has 5 heteroatoms. The molecule has 2 heterocycles. The van der Waals surface area contributed by atoms with E-state index in [1.807, 2.05) is 6.07 Å². The molecule has 2 aliphatic rings. The Morgan fingerprint density at radius 3 is 2.42 bits per heavy atom. The fourth-order valence-electron chi connectivity index (χ4n) is 4.01. The van der Waals surface area contributed by atoms with Gasteiger partial charge in [-0.15, -0.1) is 0 Å². The second-order valence-corrected chi connectivity index (χ2v) is 7.84. The molecule has 3 rings (SSSR count). The number of hydrogen-bond donors (Lipinski definition) is 0. The van der Waals surface area contributed by atoms with E-state index in [0.717, 1.165) is 31.1 Å². The van der Waals surface area contributed by atoms with Gasteiger partial charge in [0.1, 0.15) is 5.82 Å². The van der Waals surface area contributed by atoms with Crippen LogP contribution in [-0.2, 0) is 6.54 Å². The van der Waals surface area contributed by atoms with Crippen molar-refractivity contribution >= 4 is 11.6 Å². The van der Waals surface area contributed by atoms with Crippen molar-refractivity contribution in [1.82, 2.24) is 14.7 Å². The Balaban J connectivity index is 1.48. The highest BCUT2D eigenvalue weighted by Crippen LogP contribution is 2.27. The van der Waals surface area contributed by atoms with Crippen molar-refractivity contribution in [3.63, 3.8) is 0 Å². The largest absolute Gasteiger partial charge is 0.304 e. The second-order valence-electron chi connectivity index (χ2n) is 7.43. The zero-order valence-corrected chi connectivity index (χ0v) is 15.6. The first-order chi connectivity index (χ1) is 11.5. The quantitative estimate of drug-likeness (QED) is 0.822. The third-order valence-corrected chi connectivity index (χ3v) is 6.19. The Morgan fingerprint density at radius 1 is 1.12 bits per heavy atom. The molecule has 2 fully saturated rings. The first kappa shape index (κ1) is 18.1. The molecule has 1 aromatic carbocycles. The van der Waals surface area contributed by atoms with E-state index in [4.69, 9.17) is 11.6 Å². The van der Waals surface area contributed by atoms with Gasteiger partial charge in [-0.05, 0) is 63.5 Å². The fourth-order valence-corrected chi connectivity index (χ4v) is 4.24.